The fraction of sp³-hybridized carbons (Fsp3) is 0.688. The largest absolute Gasteiger partial charge is 0.480 e. The van der Waals surface area contributed by atoms with Gasteiger partial charge in [-0.05, 0) is 64.2 Å². The summed E-state index contributed by atoms with van der Waals surface area (Å²) in [6, 6.07) is -1.53. The Hall–Kier alpha value is -3.08. The highest BCUT2D eigenvalue weighted by molar-refractivity contribution is 7.47. The third kappa shape index (κ3) is 41.6. The molecule has 3 atom stereocenters. The monoisotopic (exact) mass is 864 g/mol. The van der Waals surface area contributed by atoms with Crippen molar-refractivity contribution in [3.63, 3.8) is 0 Å². The number of esters is 2. The van der Waals surface area contributed by atoms with Crippen LogP contribution in [-0.2, 0) is 37.5 Å². The highest BCUT2D eigenvalue weighted by atomic mass is 31.2. The van der Waals surface area contributed by atoms with E-state index in [0.29, 0.717) is 12.8 Å². The maximum absolute atomic E-state index is 12.6. The van der Waals surface area contributed by atoms with Crippen LogP contribution in [0.1, 0.15) is 181 Å². The standard InChI is InChI=1S/C48H82NO10P/c1-3-5-7-9-11-13-15-17-18-19-20-21-22-23-24-25-26-28-29-31-33-35-37-39-46(50)56-41-44(42-57-60(54,55)58-43-45(49)48(52)53)59-47(51)40-38-36-34-32-30-27-16-14-12-10-8-6-4-2/h6,8,10,12,14,16,20-21,23-24,27,30,44-45H,3-5,7,9,11,13,15,17-19,22,25-26,28-29,31-43,49H2,1-2H3,(H,52,53)(H,54,55)/b8-6+,12-10+,16-14+,21-20+,24-23+,30-27+/t44?,45-/m0/s1. The molecule has 11 nitrogen and oxygen atoms in total. The zero-order chi connectivity index (χ0) is 44.2. The number of aliphatic carboxylic acids is 1. The molecule has 4 N–H and O–H groups in total. The molecule has 0 aromatic rings. The third-order valence-electron chi connectivity index (χ3n) is 9.53. The average Bonchev–Trinajstić information content (AvgIpc) is 3.22. The van der Waals surface area contributed by atoms with Gasteiger partial charge in [-0.2, -0.15) is 0 Å². The van der Waals surface area contributed by atoms with Crippen LogP contribution in [0.4, 0.5) is 0 Å². The van der Waals surface area contributed by atoms with Crippen LogP contribution < -0.4 is 5.73 Å². The molecule has 0 radical (unpaired) electrons. The van der Waals surface area contributed by atoms with Gasteiger partial charge in [0, 0.05) is 12.8 Å². The molecule has 0 aromatic heterocycles. The second kappa shape index (κ2) is 42.6. The first-order valence-corrected chi connectivity index (χ1v) is 24.5. The van der Waals surface area contributed by atoms with Crippen molar-refractivity contribution in [2.45, 2.75) is 193 Å². The van der Waals surface area contributed by atoms with Gasteiger partial charge in [-0.25, -0.2) is 4.57 Å². The molecule has 0 aliphatic carbocycles. The van der Waals surface area contributed by atoms with Crippen molar-refractivity contribution in [2.75, 3.05) is 19.8 Å². The van der Waals surface area contributed by atoms with Crippen LogP contribution in [-0.4, -0.2) is 59.9 Å². The first kappa shape index (κ1) is 56.9. The first-order chi connectivity index (χ1) is 29.1. The number of carbonyl (C=O) groups excluding carboxylic acids is 2. The molecule has 0 heterocycles. The van der Waals surface area contributed by atoms with Gasteiger partial charge in [-0.1, -0.05) is 177 Å². The molecule has 0 rings (SSSR count). The molecule has 12 heteroatoms. The Balaban J connectivity index is 4.31. The van der Waals surface area contributed by atoms with E-state index in [9.17, 15) is 23.8 Å². The van der Waals surface area contributed by atoms with Gasteiger partial charge >= 0.3 is 25.7 Å². The Labute approximate surface area is 363 Å². The van der Waals surface area contributed by atoms with Crippen LogP contribution in [0, 0.1) is 0 Å². The number of allylic oxidation sites excluding steroid dienone is 12. The number of hydrogen-bond acceptors (Lipinski definition) is 9. The number of carbonyl (C=O) groups is 3. The Kier molecular flexibility index (Phi) is 40.4. The van der Waals surface area contributed by atoms with E-state index >= 15 is 0 Å². The molecular formula is C48H82NO10P. The van der Waals surface area contributed by atoms with Gasteiger partial charge in [-0.3, -0.25) is 23.4 Å². The zero-order valence-corrected chi connectivity index (χ0v) is 38.2. The Morgan fingerprint density at radius 2 is 1.00 bits per heavy atom. The number of hydrogen-bond donors (Lipinski definition) is 3. The number of nitrogens with two attached hydrogens (primary N) is 1. The summed E-state index contributed by atoms with van der Waals surface area (Å²) in [5.41, 5.74) is 5.33. The van der Waals surface area contributed by atoms with E-state index < -0.39 is 51.1 Å². The molecule has 2 unspecified atom stereocenters. The zero-order valence-electron chi connectivity index (χ0n) is 37.3. The minimum atomic E-state index is -4.73. The molecule has 0 bridgehead atoms. The van der Waals surface area contributed by atoms with Gasteiger partial charge in [0.25, 0.3) is 0 Å². The predicted molar refractivity (Wildman–Crippen MR) is 244 cm³/mol. The summed E-state index contributed by atoms with van der Waals surface area (Å²) in [5.74, 6) is -2.45. The Morgan fingerprint density at radius 1 is 0.550 bits per heavy atom. The van der Waals surface area contributed by atoms with Gasteiger partial charge in [-0.15, -0.1) is 0 Å². The Bertz CT molecular complexity index is 1290. The SMILES string of the molecule is CC/C=C/C=C/C=C/C=C/CCCCCC(=O)OC(COC(=O)CCCCCCCCC/C=C/C/C=C/CCCCCCCCCCC)COP(=O)(O)OC[C@H](N)C(=O)O. The van der Waals surface area contributed by atoms with Crippen molar-refractivity contribution in [2.24, 2.45) is 5.73 Å². The number of phosphoric acid groups is 1. The fourth-order valence-electron chi connectivity index (χ4n) is 5.93. The molecule has 0 aliphatic heterocycles. The first-order valence-electron chi connectivity index (χ1n) is 23.0. The number of phosphoric ester groups is 1. The van der Waals surface area contributed by atoms with E-state index in [4.69, 9.17) is 24.8 Å². The summed E-state index contributed by atoms with van der Waals surface area (Å²) in [4.78, 5) is 46.0. The fourth-order valence-corrected chi connectivity index (χ4v) is 6.71. The van der Waals surface area contributed by atoms with Crippen molar-refractivity contribution in [1.82, 2.24) is 0 Å². The summed E-state index contributed by atoms with van der Waals surface area (Å²) < 4.78 is 32.7. The third-order valence-corrected chi connectivity index (χ3v) is 10.5. The summed E-state index contributed by atoms with van der Waals surface area (Å²) >= 11 is 0. The lowest BCUT2D eigenvalue weighted by molar-refractivity contribution is -0.161. The molecule has 0 amide bonds. The summed E-state index contributed by atoms with van der Waals surface area (Å²) in [7, 11) is -4.73. The summed E-state index contributed by atoms with van der Waals surface area (Å²) in [6.07, 6.45) is 51.2. The van der Waals surface area contributed by atoms with Gasteiger partial charge in [0.05, 0.1) is 13.2 Å². The highest BCUT2D eigenvalue weighted by Gasteiger charge is 2.28. The van der Waals surface area contributed by atoms with E-state index in [1.807, 2.05) is 36.5 Å². The maximum Gasteiger partial charge on any atom is 0.472 e. The summed E-state index contributed by atoms with van der Waals surface area (Å²) in [5, 5.41) is 8.89. The van der Waals surface area contributed by atoms with Gasteiger partial charge < -0.3 is 25.2 Å². The summed E-state index contributed by atoms with van der Waals surface area (Å²) in [6.45, 7) is 2.61. The molecule has 0 fully saturated rings. The van der Waals surface area contributed by atoms with Crippen molar-refractivity contribution >= 4 is 25.7 Å². The minimum absolute atomic E-state index is 0.110. The van der Waals surface area contributed by atoms with Crippen molar-refractivity contribution in [3.05, 3.63) is 72.9 Å². The lowest BCUT2D eigenvalue weighted by atomic mass is 10.1. The van der Waals surface area contributed by atoms with Gasteiger partial charge in [0.15, 0.2) is 6.10 Å². The van der Waals surface area contributed by atoms with Crippen LogP contribution >= 0.6 is 7.82 Å². The van der Waals surface area contributed by atoms with Crippen LogP contribution in [0.25, 0.3) is 0 Å². The molecular weight excluding hydrogens is 781 g/mol. The van der Waals surface area contributed by atoms with Crippen LogP contribution in [0.2, 0.25) is 0 Å². The molecule has 0 saturated carbocycles. The van der Waals surface area contributed by atoms with E-state index in [0.717, 1.165) is 64.2 Å². The quantitative estimate of drug-likeness (QED) is 0.0175. The topological polar surface area (TPSA) is 172 Å². The van der Waals surface area contributed by atoms with E-state index in [1.165, 1.54) is 77.0 Å². The van der Waals surface area contributed by atoms with Crippen LogP contribution in [0.5, 0.6) is 0 Å². The van der Waals surface area contributed by atoms with Crippen molar-refractivity contribution in [3.8, 4) is 0 Å². The Morgan fingerprint density at radius 3 is 1.55 bits per heavy atom. The van der Waals surface area contributed by atoms with Crippen molar-refractivity contribution < 1.29 is 47.5 Å². The second-order valence-corrected chi connectivity index (χ2v) is 16.7. The van der Waals surface area contributed by atoms with Crippen LogP contribution in [0.15, 0.2) is 72.9 Å². The number of carboxylic acids is 1. The molecule has 0 spiro atoms. The number of ether oxygens (including phenoxy) is 2. The van der Waals surface area contributed by atoms with E-state index in [2.05, 4.69) is 54.8 Å². The number of carboxylic acid groups (broad SMARTS) is 1. The molecule has 0 saturated heterocycles. The predicted octanol–water partition coefficient (Wildman–Crippen LogP) is 12.5. The minimum Gasteiger partial charge on any atom is -0.480 e. The van der Waals surface area contributed by atoms with Crippen molar-refractivity contribution in [1.29, 1.82) is 0 Å². The maximum atomic E-state index is 12.6. The number of unbranched alkanes of at least 4 members (excludes halogenated alkanes) is 19. The van der Waals surface area contributed by atoms with Gasteiger partial charge in [0.2, 0.25) is 0 Å². The molecule has 0 aromatic carbocycles. The molecule has 60 heavy (non-hydrogen) atoms. The average molecular weight is 864 g/mol. The normalized spacial score (nSPS) is 14.3. The molecule has 344 valence electrons. The lowest BCUT2D eigenvalue weighted by Crippen LogP contribution is -2.34. The number of rotatable bonds is 42. The lowest BCUT2D eigenvalue weighted by Gasteiger charge is -2.20. The van der Waals surface area contributed by atoms with E-state index in [-0.39, 0.29) is 19.4 Å². The smallest absolute Gasteiger partial charge is 0.472 e. The second-order valence-electron chi connectivity index (χ2n) is 15.2. The van der Waals surface area contributed by atoms with E-state index in [1.54, 1.807) is 0 Å². The molecule has 0 aliphatic rings. The van der Waals surface area contributed by atoms with Gasteiger partial charge in [0.1, 0.15) is 12.6 Å². The van der Waals surface area contributed by atoms with Crippen LogP contribution in [0.3, 0.4) is 0 Å². The highest BCUT2D eigenvalue weighted by Crippen LogP contribution is 2.43.